The standard InChI is InChI=1S/C14H14FN3OS/c1-10-16-14(18-17-10)20-9-12-6-11(4-2-3-5-19)7-13(15)8-12/h6-8,19H,3,5,9H2,1H3,(H,16,17,18). The highest BCUT2D eigenvalue weighted by atomic mass is 32.2. The van der Waals surface area contributed by atoms with Crippen LogP contribution in [0.5, 0.6) is 0 Å². The van der Waals surface area contributed by atoms with Crippen molar-refractivity contribution in [2.45, 2.75) is 24.3 Å². The molecule has 1 aromatic carbocycles. The first kappa shape index (κ1) is 14.6. The lowest BCUT2D eigenvalue weighted by Gasteiger charge is -2.01. The van der Waals surface area contributed by atoms with Gasteiger partial charge in [-0.3, -0.25) is 5.10 Å². The maximum atomic E-state index is 13.5. The van der Waals surface area contributed by atoms with Crippen LogP contribution in [0.2, 0.25) is 0 Å². The molecule has 0 aliphatic heterocycles. The quantitative estimate of drug-likeness (QED) is 0.670. The number of hydrogen-bond acceptors (Lipinski definition) is 4. The summed E-state index contributed by atoms with van der Waals surface area (Å²) in [6.07, 6.45) is 0.386. The number of nitrogens with zero attached hydrogens (tertiary/aromatic N) is 2. The van der Waals surface area contributed by atoms with E-state index in [1.807, 2.05) is 13.0 Å². The van der Waals surface area contributed by atoms with E-state index < -0.39 is 0 Å². The van der Waals surface area contributed by atoms with E-state index in [-0.39, 0.29) is 12.4 Å². The molecule has 0 fully saturated rings. The summed E-state index contributed by atoms with van der Waals surface area (Å²) in [5, 5.41) is 16.1. The number of aliphatic hydroxyl groups excluding tert-OH is 1. The second-order valence-electron chi connectivity index (χ2n) is 4.12. The summed E-state index contributed by atoms with van der Waals surface area (Å²) in [5.74, 6) is 6.62. The first-order chi connectivity index (χ1) is 9.67. The van der Waals surface area contributed by atoms with E-state index in [0.717, 1.165) is 11.4 Å². The maximum Gasteiger partial charge on any atom is 0.208 e. The second kappa shape index (κ2) is 7.08. The van der Waals surface area contributed by atoms with E-state index in [0.29, 0.717) is 22.9 Å². The molecule has 6 heteroatoms. The number of benzene rings is 1. The lowest BCUT2D eigenvalue weighted by molar-refractivity contribution is 0.305. The SMILES string of the molecule is Cc1nc(SCc2cc(F)cc(C#CCCO)c2)n[nH]1. The summed E-state index contributed by atoms with van der Waals surface area (Å²) in [5.41, 5.74) is 1.44. The van der Waals surface area contributed by atoms with E-state index in [4.69, 9.17) is 5.11 Å². The van der Waals surface area contributed by atoms with Crippen LogP contribution in [0.25, 0.3) is 0 Å². The van der Waals surface area contributed by atoms with Crippen LogP contribution in [0.4, 0.5) is 4.39 Å². The lowest BCUT2D eigenvalue weighted by Crippen LogP contribution is -1.88. The highest BCUT2D eigenvalue weighted by Crippen LogP contribution is 2.20. The van der Waals surface area contributed by atoms with Gasteiger partial charge in [-0.1, -0.05) is 23.6 Å². The van der Waals surface area contributed by atoms with Gasteiger partial charge in [-0.05, 0) is 30.7 Å². The monoisotopic (exact) mass is 291 g/mol. The average Bonchev–Trinajstić information content (AvgIpc) is 2.82. The molecule has 1 aromatic heterocycles. The summed E-state index contributed by atoms with van der Waals surface area (Å²) in [7, 11) is 0. The van der Waals surface area contributed by atoms with Crippen LogP contribution in [0, 0.1) is 24.6 Å². The van der Waals surface area contributed by atoms with Crippen molar-refractivity contribution in [2.75, 3.05) is 6.61 Å². The Morgan fingerprint density at radius 2 is 2.25 bits per heavy atom. The molecule has 0 saturated heterocycles. The Labute approximate surface area is 120 Å². The Bertz CT molecular complexity index is 645. The molecule has 0 aliphatic carbocycles. The van der Waals surface area contributed by atoms with Gasteiger partial charge in [-0.15, -0.1) is 5.10 Å². The van der Waals surface area contributed by atoms with Crippen LogP contribution in [0.3, 0.4) is 0 Å². The molecule has 104 valence electrons. The van der Waals surface area contributed by atoms with Crippen LogP contribution in [0.1, 0.15) is 23.4 Å². The van der Waals surface area contributed by atoms with Gasteiger partial charge >= 0.3 is 0 Å². The van der Waals surface area contributed by atoms with Crippen molar-refractivity contribution in [2.24, 2.45) is 0 Å². The normalized spacial score (nSPS) is 10.2. The molecule has 0 bridgehead atoms. The van der Waals surface area contributed by atoms with Crippen molar-refractivity contribution in [3.8, 4) is 11.8 Å². The van der Waals surface area contributed by atoms with Gasteiger partial charge in [-0.25, -0.2) is 9.37 Å². The zero-order chi connectivity index (χ0) is 14.4. The van der Waals surface area contributed by atoms with E-state index in [2.05, 4.69) is 27.0 Å². The number of aryl methyl sites for hydroxylation is 1. The molecule has 0 aliphatic rings. The van der Waals surface area contributed by atoms with E-state index in [9.17, 15) is 4.39 Å². The molecule has 2 aromatic rings. The smallest absolute Gasteiger partial charge is 0.208 e. The molecular formula is C14H14FN3OS. The predicted octanol–water partition coefficient (Wildman–Crippen LogP) is 2.28. The average molecular weight is 291 g/mol. The topological polar surface area (TPSA) is 61.8 Å². The summed E-state index contributed by atoms with van der Waals surface area (Å²) in [6, 6.07) is 4.69. The zero-order valence-corrected chi connectivity index (χ0v) is 11.8. The largest absolute Gasteiger partial charge is 0.395 e. The number of aliphatic hydroxyl groups is 1. The fourth-order valence-electron chi connectivity index (χ4n) is 1.56. The van der Waals surface area contributed by atoms with E-state index >= 15 is 0 Å². The van der Waals surface area contributed by atoms with Gasteiger partial charge < -0.3 is 5.11 Å². The molecule has 20 heavy (non-hydrogen) atoms. The van der Waals surface area contributed by atoms with Gasteiger partial charge in [0.25, 0.3) is 0 Å². The molecule has 1 heterocycles. The third-order valence-corrected chi connectivity index (χ3v) is 3.29. The summed E-state index contributed by atoms with van der Waals surface area (Å²) in [4.78, 5) is 4.18. The first-order valence-corrected chi connectivity index (χ1v) is 7.07. The number of rotatable bonds is 4. The van der Waals surface area contributed by atoms with Crippen LogP contribution in [-0.4, -0.2) is 26.9 Å². The van der Waals surface area contributed by atoms with Crippen molar-refractivity contribution in [3.05, 3.63) is 41.0 Å². The van der Waals surface area contributed by atoms with Gasteiger partial charge in [0.2, 0.25) is 5.16 Å². The molecule has 0 amide bonds. The maximum absolute atomic E-state index is 13.5. The molecular weight excluding hydrogens is 277 g/mol. The Balaban J connectivity index is 2.06. The minimum absolute atomic E-state index is 0.00913. The summed E-state index contributed by atoms with van der Waals surface area (Å²) < 4.78 is 13.5. The van der Waals surface area contributed by atoms with E-state index in [1.54, 1.807) is 0 Å². The molecule has 0 spiro atoms. The predicted molar refractivity (Wildman–Crippen MR) is 75.7 cm³/mol. The number of aromatic nitrogens is 3. The van der Waals surface area contributed by atoms with Crippen molar-refractivity contribution in [3.63, 3.8) is 0 Å². The van der Waals surface area contributed by atoms with Gasteiger partial charge in [0.15, 0.2) is 0 Å². The lowest BCUT2D eigenvalue weighted by atomic mass is 10.1. The van der Waals surface area contributed by atoms with Crippen LogP contribution >= 0.6 is 11.8 Å². The second-order valence-corrected chi connectivity index (χ2v) is 5.06. The fourth-order valence-corrected chi connectivity index (χ4v) is 2.34. The molecule has 0 radical (unpaired) electrons. The minimum atomic E-state index is -0.317. The van der Waals surface area contributed by atoms with Gasteiger partial charge in [0, 0.05) is 17.7 Å². The minimum Gasteiger partial charge on any atom is -0.395 e. The van der Waals surface area contributed by atoms with Gasteiger partial charge in [0.05, 0.1) is 6.61 Å². The van der Waals surface area contributed by atoms with Crippen LogP contribution in [-0.2, 0) is 5.75 Å². The molecule has 4 nitrogen and oxygen atoms in total. The zero-order valence-electron chi connectivity index (χ0n) is 11.0. The number of aromatic amines is 1. The summed E-state index contributed by atoms with van der Waals surface area (Å²) >= 11 is 1.43. The Morgan fingerprint density at radius 1 is 1.40 bits per heavy atom. The van der Waals surface area contributed by atoms with Gasteiger partial charge in [-0.2, -0.15) is 0 Å². The number of nitrogens with one attached hydrogen (secondary N) is 1. The molecule has 0 atom stereocenters. The number of halogens is 1. The van der Waals surface area contributed by atoms with Crippen LogP contribution < -0.4 is 0 Å². The highest BCUT2D eigenvalue weighted by Gasteiger charge is 2.04. The number of thioether (sulfide) groups is 1. The van der Waals surface area contributed by atoms with Crippen molar-refractivity contribution in [1.82, 2.24) is 15.2 Å². The molecule has 2 rings (SSSR count). The fraction of sp³-hybridized carbons (Fsp3) is 0.286. The number of H-pyrrole nitrogens is 1. The van der Waals surface area contributed by atoms with E-state index in [1.165, 1.54) is 23.9 Å². The third kappa shape index (κ3) is 4.37. The molecule has 2 N–H and O–H groups in total. The van der Waals surface area contributed by atoms with Crippen LogP contribution in [0.15, 0.2) is 23.4 Å². The Kier molecular flexibility index (Phi) is 5.16. The third-order valence-electron chi connectivity index (χ3n) is 2.37. The number of hydrogen-bond donors (Lipinski definition) is 2. The molecule has 0 unspecified atom stereocenters. The highest BCUT2D eigenvalue weighted by molar-refractivity contribution is 7.98. The summed E-state index contributed by atoms with van der Waals surface area (Å²) in [6.45, 7) is 1.84. The van der Waals surface area contributed by atoms with Gasteiger partial charge in [0.1, 0.15) is 11.6 Å². The molecule has 0 saturated carbocycles. The van der Waals surface area contributed by atoms with Crippen molar-refractivity contribution >= 4 is 11.8 Å². The van der Waals surface area contributed by atoms with Crippen molar-refractivity contribution < 1.29 is 9.50 Å². The first-order valence-electron chi connectivity index (χ1n) is 6.08. The Morgan fingerprint density at radius 3 is 2.95 bits per heavy atom. The Hall–Kier alpha value is -1.84. The van der Waals surface area contributed by atoms with Crippen molar-refractivity contribution in [1.29, 1.82) is 0 Å².